The van der Waals surface area contributed by atoms with E-state index in [1.165, 1.54) is 2.88 Å². The monoisotopic (exact) mass is 325 g/mol. The van der Waals surface area contributed by atoms with Gasteiger partial charge in [-0.15, -0.1) is 11.3 Å². The molecule has 1 aromatic heterocycles. The third-order valence-corrected chi connectivity index (χ3v) is 3.33. The van der Waals surface area contributed by atoms with Crippen molar-refractivity contribution in [1.82, 2.24) is 5.43 Å². The van der Waals surface area contributed by atoms with Gasteiger partial charge in [-0.05, 0) is 28.7 Å². The fourth-order valence-corrected chi connectivity index (χ4v) is 2.23. The maximum Gasteiger partial charge on any atom is 0.143 e. The molecule has 0 spiro atoms. The Morgan fingerprint density at radius 1 is 1.79 bits per heavy atom. The topological polar surface area (TPSA) is 59.6 Å². The van der Waals surface area contributed by atoms with E-state index in [-0.39, 0.29) is 0 Å². The summed E-state index contributed by atoms with van der Waals surface area (Å²) in [6.07, 6.45) is 0. The summed E-state index contributed by atoms with van der Waals surface area (Å²) in [5.74, 6) is 6.09. The van der Waals surface area contributed by atoms with Crippen LogP contribution in [0.3, 0.4) is 0 Å². The second-order valence-corrected chi connectivity index (χ2v) is 5.31. The molecule has 1 aromatic rings. The van der Waals surface area contributed by atoms with Crippen molar-refractivity contribution in [1.29, 1.82) is 0 Å². The number of nitrogens with one attached hydrogen (secondary N) is 1. The predicted octanol–water partition coefficient (Wildman–Crippen LogP) is 1.21. The summed E-state index contributed by atoms with van der Waals surface area (Å²) in [5.41, 5.74) is 3.61. The number of hydrogen-bond acceptors (Lipinski definition) is 4. The molecule has 0 radical (unpaired) electrons. The van der Waals surface area contributed by atoms with Crippen LogP contribution in [-0.4, -0.2) is 26.1 Å². The van der Waals surface area contributed by atoms with Crippen LogP contribution in [0.5, 0.6) is 0 Å². The van der Waals surface area contributed by atoms with E-state index in [1.54, 1.807) is 18.4 Å². The summed E-state index contributed by atoms with van der Waals surface area (Å²) >= 11 is 3.93. The quantitative estimate of drug-likeness (QED) is 0.218. The molecule has 0 saturated carbocycles. The van der Waals surface area contributed by atoms with E-state index in [0.29, 0.717) is 19.0 Å². The molecule has 0 unspecified atom stereocenters. The van der Waals surface area contributed by atoms with Crippen molar-refractivity contribution in [2.75, 3.05) is 20.3 Å². The van der Waals surface area contributed by atoms with E-state index >= 15 is 0 Å². The van der Waals surface area contributed by atoms with E-state index in [0.717, 1.165) is 5.56 Å². The molecule has 6 heteroatoms. The standard InChI is InChI=1S/C8H12IN3OS/c1-13-3-2-11-8(12-10)6-4-7(9)14-5-6/h4-5H,2-3,10H2,1H3,(H,11,12). The highest BCUT2D eigenvalue weighted by molar-refractivity contribution is 14.1. The highest BCUT2D eigenvalue weighted by Crippen LogP contribution is 2.16. The van der Waals surface area contributed by atoms with Gasteiger partial charge in [-0.1, -0.05) is 0 Å². The van der Waals surface area contributed by atoms with Gasteiger partial charge >= 0.3 is 0 Å². The van der Waals surface area contributed by atoms with Crippen LogP contribution in [0.25, 0.3) is 0 Å². The summed E-state index contributed by atoms with van der Waals surface area (Å²) in [6, 6.07) is 2.04. The van der Waals surface area contributed by atoms with Gasteiger partial charge in [0, 0.05) is 18.1 Å². The lowest BCUT2D eigenvalue weighted by atomic mass is 10.3. The number of rotatable bonds is 4. The van der Waals surface area contributed by atoms with Gasteiger partial charge in [-0.3, -0.25) is 4.99 Å². The number of methoxy groups -OCH3 is 1. The molecular weight excluding hydrogens is 313 g/mol. The minimum Gasteiger partial charge on any atom is -0.383 e. The lowest BCUT2D eigenvalue weighted by Gasteiger charge is -2.02. The highest BCUT2D eigenvalue weighted by Gasteiger charge is 2.03. The molecule has 78 valence electrons. The van der Waals surface area contributed by atoms with E-state index < -0.39 is 0 Å². The number of halogens is 1. The fourth-order valence-electron chi connectivity index (χ4n) is 0.903. The Morgan fingerprint density at radius 3 is 3.07 bits per heavy atom. The first-order chi connectivity index (χ1) is 6.77. The smallest absolute Gasteiger partial charge is 0.143 e. The SMILES string of the molecule is COCCN=C(NN)c1csc(I)c1. The molecule has 1 heterocycles. The Kier molecular flexibility index (Phi) is 5.38. The van der Waals surface area contributed by atoms with Crippen LogP contribution in [-0.2, 0) is 4.74 Å². The number of thiophene rings is 1. The Bertz CT molecular complexity index is 313. The fraction of sp³-hybridized carbons (Fsp3) is 0.375. The van der Waals surface area contributed by atoms with Gasteiger partial charge in [0.25, 0.3) is 0 Å². The maximum atomic E-state index is 5.38. The second kappa shape index (κ2) is 6.33. The number of nitrogens with zero attached hydrogens (tertiary/aromatic N) is 1. The first-order valence-electron chi connectivity index (χ1n) is 4.02. The average Bonchev–Trinajstić information content (AvgIpc) is 2.60. The van der Waals surface area contributed by atoms with Crippen LogP contribution in [0.2, 0.25) is 0 Å². The van der Waals surface area contributed by atoms with Gasteiger partial charge in [0.15, 0.2) is 0 Å². The van der Waals surface area contributed by atoms with Gasteiger partial charge in [-0.25, -0.2) is 5.84 Å². The first-order valence-corrected chi connectivity index (χ1v) is 5.98. The molecule has 0 fully saturated rings. The summed E-state index contributed by atoms with van der Waals surface area (Å²) in [5, 5.41) is 2.02. The van der Waals surface area contributed by atoms with Crippen molar-refractivity contribution < 1.29 is 4.74 Å². The summed E-state index contributed by atoms with van der Waals surface area (Å²) in [7, 11) is 1.65. The normalized spacial score (nSPS) is 11.8. The van der Waals surface area contributed by atoms with Crippen LogP contribution in [0.15, 0.2) is 16.4 Å². The van der Waals surface area contributed by atoms with Crippen molar-refractivity contribution >= 4 is 39.8 Å². The molecule has 14 heavy (non-hydrogen) atoms. The van der Waals surface area contributed by atoms with Crippen molar-refractivity contribution in [2.24, 2.45) is 10.8 Å². The van der Waals surface area contributed by atoms with Crippen molar-refractivity contribution in [2.45, 2.75) is 0 Å². The Balaban J connectivity index is 2.66. The molecule has 0 saturated heterocycles. The Morgan fingerprint density at radius 2 is 2.57 bits per heavy atom. The van der Waals surface area contributed by atoms with E-state index in [2.05, 4.69) is 33.0 Å². The molecule has 0 aliphatic carbocycles. The van der Waals surface area contributed by atoms with Gasteiger partial charge in [0.2, 0.25) is 0 Å². The minimum absolute atomic E-state index is 0.604. The third-order valence-electron chi connectivity index (χ3n) is 1.54. The number of hydrazine groups is 1. The zero-order chi connectivity index (χ0) is 10.4. The number of nitrogens with two attached hydrogens (primary N) is 1. The molecule has 0 atom stereocenters. The van der Waals surface area contributed by atoms with Crippen LogP contribution in [0, 0.1) is 2.88 Å². The maximum absolute atomic E-state index is 5.38. The highest BCUT2D eigenvalue weighted by atomic mass is 127. The molecule has 0 amide bonds. The molecule has 0 bridgehead atoms. The van der Waals surface area contributed by atoms with Crippen LogP contribution >= 0.6 is 33.9 Å². The molecular formula is C8H12IN3OS. The predicted molar refractivity (Wildman–Crippen MR) is 67.6 cm³/mol. The third kappa shape index (κ3) is 3.52. The van der Waals surface area contributed by atoms with Crippen molar-refractivity contribution in [3.05, 3.63) is 19.9 Å². The number of amidine groups is 1. The number of ether oxygens (including phenoxy) is 1. The lowest BCUT2D eigenvalue weighted by Crippen LogP contribution is -2.31. The molecule has 3 N–H and O–H groups in total. The van der Waals surface area contributed by atoms with Crippen molar-refractivity contribution in [3.63, 3.8) is 0 Å². The largest absolute Gasteiger partial charge is 0.383 e. The van der Waals surface area contributed by atoms with Gasteiger partial charge in [0.05, 0.1) is 16.0 Å². The molecule has 1 rings (SSSR count). The van der Waals surface area contributed by atoms with E-state index in [1.807, 2.05) is 11.4 Å². The summed E-state index contributed by atoms with van der Waals surface area (Å²) in [6.45, 7) is 1.22. The molecule has 4 nitrogen and oxygen atoms in total. The number of aliphatic imine (C=N–C) groups is 1. The van der Waals surface area contributed by atoms with Crippen LogP contribution in [0.4, 0.5) is 0 Å². The lowest BCUT2D eigenvalue weighted by molar-refractivity contribution is 0.208. The minimum atomic E-state index is 0.604. The zero-order valence-electron chi connectivity index (χ0n) is 7.79. The van der Waals surface area contributed by atoms with Crippen LogP contribution in [0.1, 0.15) is 5.56 Å². The summed E-state index contributed by atoms with van der Waals surface area (Å²) in [4.78, 5) is 4.27. The van der Waals surface area contributed by atoms with Gasteiger partial charge in [-0.2, -0.15) is 0 Å². The molecule has 0 aromatic carbocycles. The second-order valence-electron chi connectivity index (χ2n) is 2.51. The Hall–Kier alpha value is -0.180. The van der Waals surface area contributed by atoms with Crippen LogP contribution < -0.4 is 11.3 Å². The summed E-state index contributed by atoms with van der Waals surface area (Å²) < 4.78 is 6.12. The number of hydrogen-bond donors (Lipinski definition) is 2. The first kappa shape index (κ1) is 11.9. The molecule has 0 aliphatic heterocycles. The van der Waals surface area contributed by atoms with E-state index in [4.69, 9.17) is 10.6 Å². The van der Waals surface area contributed by atoms with E-state index in [9.17, 15) is 0 Å². The average molecular weight is 325 g/mol. The van der Waals surface area contributed by atoms with Gasteiger partial charge < -0.3 is 10.2 Å². The van der Waals surface area contributed by atoms with Gasteiger partial charge in [0.1, 0.15) is 5.84 Å². The zero-order valence-corrected chi connectivity index (χ0v) is 10.8. The van der Waals surface area contributed by atoms with Crippen molar-refractivity contribution in [3.8, 4) is 0 Å². The molecule has 0 aliphatic rings. The Labute approximate surface area is 101 Å².